The number of benzene rings is 2. The van der Waals surface area contributed by atoms with E-state index in [1.807, 2.05) is 30.3 Å². The van der Waals surface area contributed by atoms with Crippen LogP contribution in [0.3, 0.4) is 0 Å². The van der Waals surface area contributed by atoms with Crippen molar-refractivity contribution in [3.63, 3.8) is 0 Å². The van der Waals surface area contributed by atoms with E-state index < -0.39 is 0 Å². The Morgan fingerprint density at radius 1 is 1.10 bits per heavy atom. The van der Waals surface area contributed by atoms with Crippen LogP contribution in [0.2, 0.25) is 0 Å². The Bertz CT molecular complexity index is 549. The Balaban J connectivity index is 2.12. The molecule has 2 aromatic carbocycles. The van der Waals surface area contributed by atoms with Gasteiger partial charge in [0.05, 0.1) is 6.04 Å². The first-order valence-electron chi connectivity index (χ1n) is 6.85. The van der Waals surface area contributed by atoms with Crippen LogP contribution in [0, 0.1) is 0 Å². The lowest BCUT2D eigenvalue weighted by atomic mass is 10.0. The van der Waals surface area contributed by atoms with Crippen molar-refractivity contribution in [2.75, 3.05) is 0 Å². The molecule has 0 aliphatic heterocycles. The molecule has 0 radical (unpaired) electrons. The van der Waals surface area contributed by atoms with Gasteiger partial charge in [0.2, 0.25) is 0 Å². The molecule has 1 amide bonds. The molecule has 0 aliphatic carbocycles. The average molecular weight is 269 g/mol. The molecule has 1 atom stereocenters. The van der Waals surface area contributed by atoms with Crippen LogP contribution in [-0.4, -0.2) is 11.0 Å². The number of nitrogens with one attached hydrogen (secondary N) is 1. The van der Waals surface area contributed by atoms with E-state index in [1.54, 1.807) is 12.1 Å². The lowest BCUT2D eigenvalue weighted by molar-refractivity contribution is 0.0934. The van der Waals surface area contributed by atoms with Crippen molar-refractivity contribution in [2.45, 2.75) is 25.8 Å². The molecule has 2 N–H and O–H groups in total. The van der Waals surface area contributed by atoms with Crippen LogP contribution in [0.1, 0.15) is 41.7 Å². The molecule has 0 heterocycles. The summed E-state index contributed by atoms with van der Waals surface area (Å²) in [6.07, 6.45) is 1.89. The first-order valence-corrected chi connectivity index (χ1v) is 6.85. The van der Waals surface area contributed by atoms with Gasteiger partial charge in [-0.15, -0.1) is 0 Å². The number of phenols is 1. The van der Waals surface area contributed by atoms with Gasteiger partial charge in [-0.3, -0.25) is 4.79 Å². The van der Waals surface area contributed by atoms with Gasteiger partial charge in [-0.1, -0.05) is 43.7 Å². The van der Waals surface area contributed by atoms with Gasteiger partial charge in [0.1, 0.15) is 5.75 Å². The van der Waals surface area contributed by atoms with Gasteiger partial charge in [-0.05, 0) is 36.2 Å². The molecular weight excluding hydrogens is 250 g/mol. The van der Waals surface area contributed by atoms with Crippen LogP contribution in [0.25, 0.3) is 0 Å². The van der Waals surface area contributed by atoms with Crippen LogP contribution in [-0.2, 0) is 0 Å². The standard InChI is InChI=1S/C17H19NO2/c1-2-6-16(13-7-4-3-5-8-13)18-17(20)14-9-11-15(19)12-10-14/h3-5,7-12,16,19H,2,6H2,1H3,(H,18,20). The van der Waals surface area contributed by atoms with Crippen LogP contribution in [0.4, 0.5) is 0 Å². The van der Waals surface area contributed by atoms with E-state index in [0.717, 1.165) is 18.4 Å². The fourth-order valence-corrected chi connectivity index (χ4v) is 2.15. The summed E-state index contributed by atoms with van der Waals surface area (Å²) in [5.41, 5.74) is 1.67. The molecule has 0 fully saturated rings. The second kappa shape index (κ2) is 6.75. The topological polar surface area (TPSA) is 49.3 Å². The number of carbonyl (C=O) groups excluding carboxylic acids is 1. The molecular formula is C17H19NO2. The maximum absolute atomic E-state index is 12.2. The number of amides is 1. The minimum atomic E-state index is -0.118. The summed E-state index contributed by atoms with van der Waals surface area (Å²) in [5.74, 6) is 0.0435. The fourth-order valence-electron chi connectivity index (χ4n) is 2.15. The minimum absolute atomic E-state index is 0.0162. The summed E-state index contributed by atoms with van der Waals surface area (Å²) in [6, 6.07) is 16.3. The number of carbonyl (C=O) groups is 1. The monoisotopic (exact) mass is 269 g/mol. The maximum Gasteiger partial charge on any atom is 0.251 e. The lowest BCUT2D eigenvalue weighted by Gasteiger charge is -2.18. The first kappa shape index (κ1) is 14.1. The Morgan fingerprint density at radius 3 is 2.35 bits per heavy atom. The molecule has 20 heavy (non-hydrogen) atoms. The van der Waals surface area contributed by atoms with Gasteiger partial charge in [0, 0.05) is 5.56 Å². The van der Waals surface area contributed by atoms with Crippen LogP contribution in [0.5, 0.6) is 5.75 Å². The molecule has 3 nitrogen and oxygen atoms in total. The molecule has 104 valence electrons. The predicted octanol–water partition coefficient (Wildman–Crippen LogP) is 3.66. The summed E-state index contributed by atoms with van der Waals surface area (Å²) in [5, 5.41) is 12.3. The third-order valence-electron chi connectivity index (χ3n) is 3.21. The molecule has 0 bridgehead atoms. The largest absolute Gasteiger partial charge is 0.508 e. The van der Waals surface area contributed by atoms with E-state index in [4.69, 9.17) is 0 Å². The summed E-state index contributed by atoms with van der Waals surface area (Å²) >= 11 is 0. The van der Waals surface area contributed by atoms with Crippen LogP contribution in [0.15, 0.2) is 54.6 Å². The molecule has 0 spiro atoms. The van der Waals surface area contributed by atoms with Gasteiger partial charge < -0.3 is 10.4 Å². The molecule has 1 unspecified atom stereocenters. The first-order chi connectivity index (χ1) is 9.70. The molecule has 2 rings (SSSR count). The van der Waals surface area contributed by atoms with E-state index in [-0.39, 0.29) is 17.7 Å². The van der Waals surface area contributed by atoms with Gasteiger partial charge in [0.15, 0.2) is 0 Å². The van der Waals surface area contributed by atoms with Crippen molar-refractivity contribution < 1.29 is 9.90 Å². The van der Waals surface area contributed by atoms with Crippen molar-refractivity contribution >= 4 is 5.91 Å². The van der Waals surface area contributed by atoms with Crippen LogP contribution < -0.4 is 5.32 Å². The number of hydrogen-bond donors (Lipinski definition) is 2. The Labute approximate surface area is 119 Å². The smallest absolute Gasteiger partial charge is 0.251 e. The Morgan fingerprint density at radius 2 is 1.75 bits per heavy atom. The quantitative estimate of drug-likeness (QED) is 0.870. The second-order valence-corrected chi connectivity index (χ2v) is 4.77. The third-order valence-corrected chi connectivity index (χ3v) is 3.21. The highest BCUT2D eigenvalue weighted by Gasteiger charge is 2.14. The Hall–Kier alpha value is -2.29. The van der Waals surface area contributed by atoms with Crippen molar-refractivity contribution in [3.8, 4) is 5.75 Å². The summed E-state index contributed by atoms with van der Waals surface area (Å²) in [4.78, 5) is 12.2. The minimum Gasteiger partial charge on any atom is -0.508 e. The zero-order chi connectivity index (χ0) is 14.4. The van der Waals surface area contributed by atoms with Gasteiger partial charge >= 0.3 is 0 Å². The number of phenolic OH excluding ortho intramolecular Hbond substituents is 1. The molecule has 0 saturated carbocycles. The highest BCUT2D eigenvalue weighted by Crippen LogP contribution is 2.19. The van der Waals surface area contributed by atoms with Gasteiger partial charge in [-0.2, -0.15) is 0 Å². The SMILES string of the molecule is CCCC(NC(=O)c1ccc(O)cc1)c1ccccc1. The van der Waals surface area contributed by atoms with Crippen molar-refractivity contribution in [3.05, 3.63) is 65.7 Å². The number of aromatic hydroxyl groups is 1. The maximum atomic E-state index is 12.2. The lowest BCUT2D eigenvalue weighted by Crippen LogP contribution is -2.28. The van der Waals surface area contributed by atoms with Crippen molar-refractivity contribution in [1.82, 2.24) is 5.32 Å². The molecule has 2 aromatic rings. The zero-order valence-electron chi connectivity index (χ0n) is 11.5. The molecule has 0 aliphatic rings. The van der Waals surface area contributed by atoms with E-state index in [0.29, 0.717) is 5.56 Å². The third kappa shape index (κ3) is 3.60. The van der Waals surface area contributed by atoms with E-state index >= 15 is 0 Å². The summed E-state index contributed by atoms with van der Waals surface area (Å²) in [6.45, 7) is 2.10. The van der Waals surface area contributed by atoms with Crippen molar-refractivity contribution in [1.29, 1.82) is 0 Å². The molecule has 0 aromatic heterocycles. The van der Waals surface area contributed by atoms with Gasteiger partial charge in [-0.25, -0.2) is 0 Å². The molecule has 0 saturated heterocycles. The van der Waals surface area contributed by atoms with E-state index in [2.05, 4.69) is 12.2 Å². The summed E-state index contributed by atoms with van der Waals surface area (Å²) < 4.78 is 0. The highest BCUT2D eigenvalue weighted by molar-refractivity contribution is 5.94. The van der Waals surface area contributed by atoms with E-state index in [9.17, 15) is 9.90 Å². The number of rotatable bonds is 5. The van der Waals surface area contributed by atoms with Crippen LogP contribution >= 0.6 is 0 Å². The molecule has 3 heteroatoms. The summed E-state index contributed by atoms with van der Waals surface area (Å²) in [7, 11) is 0. The normalized spacial score (nSPS) is 11.8. The second-order valence-electron chi connectivity index (χ2n) is 4.77. The zero-order valence-corrected chi connectivity index (χ0v) is 11.5. The van der Waals surface area contributed by atoms with E-state index in [1.165, 1.54) is 12.1 Å². The predicted molar refractivity (Wildman–Crippen MR) is 79.7 cm³/mol. The fraction of sp³-hybridized carbons (Fsp3) is 0.235. The number of hydrogen-bond acceptors (Lipinski definition) is 2. The van der Waals surface area contributed by atoms with Gasteiger partial charge in [0.25, 0.3) is 5.91 Å². The highest BCUT2D eigenvalue weighted by atomic mass is 16.3. The van der Waals surface area contributed by atoms with Crippen molar-refractivity contribution in [2.24, 2.45) is 0 Å². The average Bonchev–Trinajstić information content (AvgIpc) is 2.48. The Kier molecular flexibility index (Phi) is 4.77.